The lowest BCUT2D eigenvalue weighted by atomic mass is 10.2. The van der Waals surface area contributed by atoms with Crippen LogP contribution in [0.4, 0.5) is 0 Å². The second kappa shape index (κ2) is 16.8. The van der Waals surface area contributed by atoms with Gasteiger partial charge in [-0.15, -0.1) is 0 Å². The summed E-state index contributed by atoms with van der Waals surface area (Å²) < 4.78 is 10.3. The highest BCUT2D eigenvalue weighted by atomic mass is 16.6. The van der Waals surface area contributed by atoms with Gasteiger partial charge in [0.2, 0.25) is 23.6 Å². The van der Waals surface area contributed by atoms with E-state index in [1.54, 1.807) is 41.5 Å². The zero-order chi connectivity index (χ0) is 30.2. The van der Waals surface area contributed by atoms with Crippen LogP contribution in [-0.4, -0.2) is 95.5 Å². The SMILES string of the molecule is CC(C)(C)OC(=O)CCNC(=O)CN(CC(=O)NCCC(=O)OC(C)(C)C)C(=O)CCNC(=O)/C=C\C(=O)O. The summed E-state index contributed by atoms with van der Waals surface area (Å²) in [4.78, 5) is 84.1. The number of ether oxygens (including phenoxy) is 2. The number of carboxylic acids is 1. The predicted octanol–water partition coefficient (Wildman–Crippen LogP) is -0.342. The standard InChI is InChI=1S/C25H40N4O10/c1-24(2,3)38-22(36)10-13-27-18(31)15-29(20(33)9-12-26-17(30)7-8-21(34)35)16-19(32)28-14-11-23(37)39-25(4,5)6/h7-8H,9-16H2,1-6H3,(H,26,30)(H,27,31)(H,28,32)(H,34,35)/b8-7-. The number of carbonyl (C=O) groups excluding carboxylic acids is 6. The average molecular weight is 557 g/mol. The Morgan fingerprint density at radius 1 is 0.667 bits per heavy atom. The lowest BCUT2D eigenvalue weighted by Gasteiger charge is -2.22. The van der Waals surface area contributed by atoms with E-state index in [0.717, 1.165) is 11.0 Å². The van der Waals surface area contributed by atoms with Crippen LogP contribution in [-0.2, 0) is 43.0 Å². The molecule has 4 N–H and O–H groups in total. The van der Waals surface area contributed by atoms with Crippen molar-refractivity contribution in [1.82, 2.24) is 20.9 Å². The summed E-state index contributed by atoms with van der Waals surface area (Å²) >= 11 is 0. The van der Waals surface area contributed by atoms with Gasteiger partial charge in [-0.2, -0.15) is 0 Å². The van der Waals surface area contributed by atoms with Gasteiger partial charge in [-0.05, 0) is 41.5 Å². The molecule has 0 unspecified atom stereocenters. The molecule has 0 radical (unpaired) electrons. The summed E-state index contributed by atoms with van der Waals surface area (Å²) in [5.41, 5.74) is -1.36. The van der Waals surface area contributed by atoms with E-state index in [0.29, 0.717) is 6.08 Å². The number of nitrogens with one attached hydrogen (secondary N) is 3. The summed E-state index contributed by atoms with van der Waals surface area (Å²) in [6.45, 7) is 8.91. The smallest absolute Gasteiger partial charge is 0.328 e. The largest absolute Gasteiger partial charge is 0.478 e. The molecule has 0 aromatic carbocycles. The number of carbonyl (C=O) groups is 7. The Kier molecular flexibility index (Phi) is 15.1. The maximum Gasteiger partial charge on any atom is 0.328 e. The fourth-order valence-corrected chi connectivity index (χ4v) is 2.74. The highest BCUT2D eigenvalue weighted by Gasteiger charge is 2.22. The molecule has 14 nitrogen and oxygen atoms in total. The van der Waals surface area contributed by atoms with Crippen LogP contribution in [0.15, 0.2) is 12.2 Å². The van der Waals surface area contributed by atoms with Crippen LogP contribution < -0.4 is 16.0 Å². The summed E-state index contributed by atoms with van der Waals surface area (Å²) in [6, 6.07) is 0. The first-order valence-electron chi connectivity index (χ1n) is 12.3. The first-order chi connectivity index (χ1) is 17.9. The van der Waals surface area contributed by atoms with Gasteiger partial charge in [-0.1, -0.05) is 0 Å². The first-order valence-corrected chi connectivity index (χ1v) is 12.3. The van der Waals surface area contributed by atoms with Crippen molar-refractivity contribution in [3.05, 3.63) is 12.2 Å². The zero-order valence-electron chi connectivity index (χ0n) is 23.4. The molecule has 0 aliphatic rings. The molecule has 0 atom stereocenters. The van der Waals surface area contributed by atoms with Crippen molar-refractivity contribution in [3.8, 4) is 0 Å². The minimum Gasteiger partial charge on any atom is -0.478 e. The van der Waals surface area contributed by atoms with Gasteiger partial charge in [0.15, 0.2) is 0 Å². The molecular formula is C25H40N4O10. The van der Waals surface area contributed by atoms with E-state index in [1.165, 1.54) is 0 Å². The van der Waals surface area contributed by atoms with Crippen molar-refractivity contribution in [2.45, 2.75) is 72.0 Å². The van der Waals surface area contributed by atoms with Crippen molar-refractivity contribution in [2.75, 3.05) is 32.7 Å². The fourth-order valence-electron chi connectivity index (χ4n) is 2.74. The van der Waals surface area contributed by atoms with Gasteiger partial charge < -0.3 is 35.4 Å². The van der Waals surface area contributed by atoms with Gasteiger partial charge in [0.25, 0.3) is 0 Å². The van der Waals surface area contributed by atoms with Gasteiger partial charge in [-0.3, -0.25) is 28.8 Å². The van der Waals surface area contributed by atoms with Crippen molar-refractivity contribution in [2.24, 2.45) is 0 Å². The third-order valence-electron chi connectivity index (χ3n) is 4.18. The van der Waals surface area contributed by atoms with E-state index in [9.17, 15) is 33.6 Å². The molecule has 0 spiro atoms. The van der Waals surface area contributed by atoms with E-state index < -0.39 is 65.8 Å². The van der Waals surface area contributed by atoms with Crippen LogP contribution in [0.1, 0.15) is 60.8 Å². The quantitative estimate of drug-likeness (QED) is 0.153. The van der Waals surface area contributed by atoms with Crippen LogP contribution in [0.3, 0.4) is 0 Å². The van der Waals surface area contributed by atoms with E-state index in [4.69, 9.17) is 14.6 Å². The highest BCUT2D eigenvalue weighted by Crippen LogP contribution is 2.08. The van der Waals surface area contributed by atoms with Gasteiger partial charge in [0, 0.05) is 38.2 Å². The van der Waals surface area contributed by atoms with Crippen LogP contribution in [0.5, 0.6) is 0 Å². The molecule has 0 aliphatic heterocycles. The Labute approximate surface area is 227 Å². The fraction of sp³-hybridized carbons (Fsp3) is 0.640. The zero-order valence-corrected chi connectivity index (χ0v) is 23.4. The Hall–Kier alpha value is -3.97. The van der Waals surface area contributed by atoms with Crippen molar-refractivity contribution < 1.29 is 48.1 Å². The van der Waals surface area contributed by atoms with E-state index >= 15 is 0 Å². The Balaban J connectivity index is 4.98. The number of carboxylic acid groups (broad SMARTS) is 1. The van der Waals surface area contributed by atoms with E-state index in [2.05, 4.69) is 16.0 Å². The Bertz CT molecular complexity index is 884. The minimum absolute atomic E-state index is 0.0518. The summed E-state index contributed by atoms with van der Waals surface area (Å²) in [5.74, 6) is -5.02. The minimum atomic E-state index is -1.32. The molecule has 0 fully saturated rings. The van der Waals surface area contributed by atoms with Crippen LogP contribution in [0.25, 0.3) is 0 Å². The molecule has 0 saturated carbocycles. The van der Waals surface area contributed by atoms with Crippen molar-refractivity contribution >= 4 is 41.5 Å². The summed E-state index contributed by atoms with van der Waals surface area (Å²) in [7, 11) is 0. The molecular weight excluding hydrogens is 516 g/mol. The average Bonchev–Trinajstić information content (AvgIpc) is 2.74. The number of nitrogens with zero attached hydrogens (tertiary/aromatic N) is 1. The van der Waals surface area contributed by atoms with Gasteiger partial charge in [-0.25, -0.2) is 4.79 Å². The number of amides is 4. The molecule has 220 valence electrons. The van der Waals surface area contributed by atoms with Crippen molar-refractivity contribution in [3.63, 3.8) is 0 Å². The number of hydrogen-bond acceptors (Lipinski definition) is 9. The van der Waals surface area contributed by atoms with Crippen molar-refractivity contribution in [1.29, 1.82) is 0 Å². The number of aliphatic carboxylic acids is 1. The second-order valence-corrected chi connectivity index (χ2v) is 10.3. The molecule has 39 heavy (non-hydrogen) atoms. The molecule has 0 aliphatic carbocycles. The third kappa shape index (κ3) is 20.7. The van der Waals surface area contributed by atoms with E-state index in [1.807, 2.05) is 0 Å². The molecule has 0 bridgehead atoms. The Morgan fingerprint density at radius 2 is 1.08 bits per heavy atom. The van der Waals surface area contributed by atoms with Gasteiger partial charge >= 0.3 is 17.9 Å². The monoisotopic (exact) mass is 556 g/mol. The maximum absolute atomic E-state index is 12.7. The lowest BCUT2D eigenvalue weighted by Crippen LogP contribution is -2.47. The highest BCUT2D eigenvalue weighted by molar-refractivity contribution is 5.94. The molecule has 0 aromatic heterocycles. The predicted molar refractivity (Wildman–Crippen MR) is 138 cm³/mol. The second-order valence-electron chi connectivity index (χ2n) is 10.3. The molecule has 0 heterocycles. The molecule has 14 heteroatoms. The summed E-state index contributed by atoms with van der Waals surface area (Å²) in [6.07, 6.45) is 0.923. The Morgan fingerprint density at radius 3 is 1.46 bits per heavy atom. The normalized spacial score (nSPS) is 11.3. The van der Waals surface area contributed by atoms with Crippen LogP contribution >= 0.6 is 0 Å². The number of rotatable bonds is 15. The van der Waals surface area contributed by atoms with Crippen LogP contribution in [0.2, 0.25) is 0 Å². The van der Waals surface area contributed by atoms with Gasteiger partial charge in [0.05, 0.1) is 12.8 Å². The first kappa shape index (κ1) is 35.0. The number of esters is 2. The molecule has 4 amide bonds. The number of hydrogen-bond donors (Lipinski definition) is 4. The third-order valence-corrected chi connectivity index (χ3v) is 4.18. The topological polar surface area (TPSA) is 198 Å². The lowest BCUT2D eigenvalue weighted by molar-refractivity contribution is -0.155. The molecule has 0 rings (SSSR count). The van der Waals surface area contributed by atoms with Gasteiger partial charge in [0.1, 0.15) is 24.3 Å². The maximum atomic E-state index is 12.7. The summed E-state index contributed by atoms with van der Waals surface area (Å²) in [5, 5.41) is 15.8. The molecule has 0 saturated heterocycles. The molecule has 0 aromatic rings. The van der Waals surface area contributed by atoms with E-state index in [-0.39, 0.29) is 38.9 Å². The van der Waals surface area contributed by atoms with Crippen LogP contribution in [0, 0.1) is 0 Å².